The summed E-state index contributed by atoms with van der Waals surface area (Å²) >= 11 is 0. The molecule has 2 heterocycles. The number of nitrogens with one attached hydrogen (secondary N) is 1. The van der Waals surface area contributed by atoms with Crippen LogP contribution < -0.4 is 5.56 Å². The Balaban J connectivity index is 2.60. The number of aryl methyl sites for hydroxylation is 2. The summed E-state index contributed by atoms with van der Waals surface area (Å²) in [5, 5.41) is 4.05. The van der Waals surface area contributed by atoms with Gasteiger partial charge in [-0.05, 0) is 13.0 Å². The molecule has 0 unspecified atom stereocenters. The first-order chi connectivity index (χ1) is 7.08. The average molecular weight is 208 g/mol. The van der Waals surface area contributed by atoms with Crippen LogP contribution in [0.4, 0.5) is 4.39 Å². The van der Waals surface area contributed by atoms with Gasteiger partial charge >= 0.3 is 0 Å². The first kappa shape index (κ1) is 9.57. The van der Waals surface area contributed by atoms with E-state index < -0.39 is 11.4 Å². The van der Waals surface area contributed by atoms with Crippen LogP contribution in [0.1, 0.15) is 5.69 Å². The molecule has 0 aromatic carbocycles. The predicted octanol–water partition coefficient (Wildman–Crippen LogP) is 0.618. The molecule has 0 saturated heterocycles. The third kappa shape index (κ3) is 1.65. The lowest BCUT2D eigenvalue weighted by molar-refractivity contribution is 0.589. The van der Waals surface area contributed by atoms with Crippen molar-refractivity contribution in [2.24, 2.45) is 7.05 Å². The molecule has 5 nitrogen and oxygen atoms in total. The summed E-state index contributed by atoms with van der Waals surface area (Å²) < 4.78 is 14.6. The Morgan fingerprint density at radius 1 is 1.53 bits per heavy atom. The minimum absolute atomic E-state index is 0.0689. The zero-order valence-corrected chi connectivity index (χ0v) is 8.28. The third-order valence-corrected chi connectivity index (χ3v) is 1.98. The fourth-order valence-electron chi connectivity index (χ4n) is 1.23. The molecule has 0 atom stereocenters. The van der Waals surface area contributed by atoms with Crippen molar-refractivity contribution in [1.29, 1.82) is 0 Å². The maximum Gasteiger partial charge on any atom is 0.287 e. The number of hydrogen-bond acceptors (Lipinski definition) is 3. The molecular weight excluding hydrogens is 199 g/mol. The third-order valence-electron chi connectivity index (χ3n) is 1.98. The molecule has 0 bridgehead atoms. The van der Waals surface area contributed by atoms with Gasteiger partial charge in [0.1, 0.15) is 5.69 Å². The highest BCUT2D eigenvalue weighted by molar-refractivity contribution is 5.47. The fourth-order valence-corrected chi connectivity index (χ4v) is 1.23. The quantitative estimate of drug-likeness (QED) is 0.747. The Labute approximate surface area is 84.6 Å². The van der Waals surface area contributed by atoms with Crippen molar-refractivity contribution in [2.75, 3.05) is 0 Å². The largest absolute Gasteiger partial charge is 0.303 e. The van der Waals surface area contributed by atoms with Crippen molar-refractivity contribution in [3.05, 3.63) is 34.1 Å². The molecule has 1 N–H and O–H groups in total. The number of hydrogen-bond donors (Lipinski definition) is 1. The molecule has 2 rings (SSSR count). The second-order valence-corrected chi connectivity index (χ2v) is 3.19. The molecule has 0 saturated carbocycles. The summed E-state index contributed by atoms with van der Waals surface area (Å²) in [4.78, 5) is 17.4. The minimum atomic E-state index is -0.852. The van der Waals surface area contributed by atoms with Gasteiger partial charge in [-0.2, -0.15) is 9.49 Å². The highest BCUT2D eigenvalue weighted by atomic mass is 19.1. The highest BCUT2D eigenvalue weighted by Crippen LogP contribution is 2.10. The number of rotatable bonds is 1. The highest BCUT2D eigenvalue weighted by Gasteiger charge is 2.09. The van der Waals surface area contributed by atoms with E-state index in [-0.39, 0.29) is 11.5 Å². The summed E-state index contributed by atoms with van der Waals surface area (Å²) in [7, 11) is 1.75. The molecule has 0 aliphatic rings. The molecule has 0 radical (unpaired) electrons. The summed E-state index contributed by atoms with van der Waals surface area (Å²) in [6.45, 7) is 1.44. The summed E-state index contributed by atoms with van der Waals surface area (Å²) in [5.74, 6) is -0.575. The Bertz CT molecular complexity index is 557. The predicted molar refractivity (Wildman–Crippen MR) is 51.8 cm³/mol. The maximum absolute atomic E-state index is 13.0. The van der Waals surface area contributed by atoms with Gasteiger partial charge in [0.05, 0.1) is 5.69 Å². The molecule has 6 heteroatoms. The molecular formula is C9H9FN4O. The topological polar surface area (TPSA) is 63.6 Å². The molecule has 78 valence electrons. The molecule has 0 fully saturated rings. The van der Waals surface area contributed by atoms with Crippen molar-refractivity contribution in [3.8, 4) is 11.5 Å². The maximum atomic E-state index is 13.0. The van der Waals surface area contributed by atoms with Crippen LogP contribution in [0.15, 0.2) is 17.1 Å². The summed E-state index contributed by atoms with van der Waals surface area (Å²) in [6, 6.07) is 1.69. The molecule has 0 aliphatic heterocycles. The number of aromatic nitrogens is 4. The molecule has 0 amide bonds. The summed E-state index contributed by atoms with van der Waals surface area (Å²) in [6.07, 6.45) is 1.72. The van der Waals surface area contributed by atoms with Crippen molar-refractivity contribution in [3.63, 3.8) is 0 Å². The van der Waals surface area contributed by atoms with Crippen LogP contribution in [0.25, 0.3) is 11.5 Å². The number of nitrogens with zero attached hydrogens (tertiary/aromatic N) is 3. The van der Waals surface area contributed by atoms with Gasteiger partial charge in [-0.3, -0.25) is 9.48 Å². The first-order valence-corrected chi connectivity index (χ1v) is 4.34. The Morgan fingerprint density at radius 2 is 2.27 bits per heavy atom. The van der Waals surface area contributed by atoms with E-state index in [0.717, 1.165) is 0 Å². The van der Waals surface area contributed by atoms with Crippen LogP contribution in [0.3, 0.4) is 0 Å². The van der Waals surface area contributed by atoms with E-state index in [0.29, 0.717) is 5.69 Å². The molecule has 15 heavy (non-hydrogen) atoms. The Morgan fingerprint density at radius 3 is 2.80 bits per heavy atom. The van der Waals surface area contributed by atoms with Gasteiger partial charge in [-0.15, -0.1) is 0 Å². The van der Waals surface area contributed by atoms with Crippen LogP contribution in [0, 0.1) is 12.7 Å². The van der Waals surface area contributed by atoms with Crippen LogP contribution >= 0.6 is 0 Å². The standard InChI is InChI=1S/C9H9FN4O/c1-5-7(10)9(15)12-8(11-5)6-3-4-14(2)13-6/h3-4H,1-2H3,(H,11,12,15). The minimum Gasteiger partial charge on any atom is -0.303 e. The Hall–Kier alpha value is -1.98. The first-order valence-electron chi connectivity index (χ1n) is 4.34. The van der Waals surface area contributed by atoms with E-state index in [1.54, 1.807) is 24.0 Å². The second-order valence-electron chi connectivity index (χ2n) is 3.19. The van der Waals surface area contributed by atoms with E-state index in [9.17, 15) is 9.18 Å². The van der Waals surface area contributed by atoms with Crippen LogP contribution in [-0.2, 0) is 7.05 Å². The normalized spacial score (nSPS) is 10.6. The zero-order chi connectivity index (χ0) is 11.0. The van der Waals surface area contributed by atoms with E-state index in [1.165, 1.54) is 6.92 Å². The monoisotopic (exact) mass is 208 g/mol. The SMILES string of the molecule is Cc1nc(-c2ccn(C)n2)[nH]c(=O)c1F. The lowest BCUT2D eigenvalue weighted by Crippen LogP contribution is -2.15. The van der Waals surface area contributed by atoms with Gasteiger partial charge in [-0.25, -0.2) is 4.98 Å². The average Bonchev–Trinajstić information content (AvgIpc) is 2.60. The number of aromatic amines is 1. The van der Waals surface area contributed by atoms with Crippen LogP contribution in [0.2, 0.25) is 0 Å². The van der Waals surface area contributed by atoms with E-state index in [4.69, 9.17) is 0 Å². The number of H-pyrrole nitrogens is 1. The second kappa shape index (κ2) is 3.30. The van der Waals surface area contributed by atoms with E-state index in [2.05, 4.69) is 15.1 Å². The van der Waals surface area contributed by atoms with E-state index in [1.807, 2.05) is 0 Å². The zero-order valence-electron chi connectivity index (χ0n) is 8.28. The fraction of sp³-hybridized carbons (Fsp3) is 0.222. The number of halogens is 1. The van der Waals surface area contributed by atoms with E-state index >= 15 is 0 Å². The van der Waals surface area contributed by atoms with Crippen molar-refractivity contribution < 1.29 is 4.39 Å². The summed E-state index contributed by atoms with van der Waals surface area (Å²) in [5.41, 5.74) is -0.194. The smallest absolute Gasteiger partial charge is 0.287 e. The molecule has 0 aliphatic carbocycles. The van der Waals surface area contributed by atoms with Crippen molar-refractivity contribution in [2.45, 2.75) is 6.92 Å². The van der Waals surface area contributed by atoms with Gasteiger partial charge in [0.25, 0.3) is 5.56 Å². The van der Waals surface area contributed by atoms with Gasteiger partial charge in [-0.1, -0.05) is 0 Å². The Kier molecular flexibility index (Phi) is 2.11. The van der Waals surface area contributed by atoms with Gasteiger partial charge < -0.3 is 4.98 Å². The molecule has 2 aromatic rings. The van der Waals surface area contributed by atoms with Crippen LogP contribution in [-0.4, -0.2) is 19.7 Å². The van der Waals surface area contributed by atoms with Crippen molar-refractivity contribution in [1.82, 2.24) is 19.7 Å². The molecule has 2 aromatic heterocycles. The van der Waals surface area contributed by atoms with Crippen LogP contribution in [0.5, 0.6) is 0 Å². The molecule has 0 spiro atoms. The van der Waals surface area contributed by atoms with Gasteiger partial charge in [0.2, 0.25) is 5.82 Å². The van der Waals surface area contributed by atoms with Crippen molar-refractivity contribution >= 4 is 0 Å². The van der Waals surface area contributed by atoms with Gasteiger partial charge in [0, 0.05) is 13.2 Å². The van der Waals surface area contributed by atoms with Gasteiger partial charge in [0.15, 0.2) is 5.82 Å². The lowest BCUT2D eigenvalue weighted by atomic mass is 10.3. The lowest BCUT2D eigenvalue weighted by Gasteiger charge is -1.98.